The predicted molar refractivity (Wildman–Crippen MR) is 199 cm³/mol. The van der Waals surface area contributed by atoms with E-state index in [1.807, 2.05) is 39.8 Å². The number of primary amides is 1. The minimum Gasteiger partial charge on any atom is -0.368 e. The van der Waals surface area contributed by atoms with Crippen molar-refractivity contribution in [3.63, 3.8) is 0 Å². The molecule has 12 nitrogen and oxygen atoms in total. The van der Waals surface area contributed by atoms with Crippen molar-refractivity contribution in [3.05, 3.63) is 57.6 Å². The Morgan fingerprint density at radius 2 is 1.49 bits per heavy atom. The van der Waals surface area contributed by atoms with Gasteiger partial charge in [-0.25, -0.2) is 9.48 Å². The molecule has 4 rings (SSSR count). The highest BCUT2D eigenvalue weighted by atomic mass is 16.2. The Morgan fingerprint density at radius 3 is 2.06 bits per heavy atom. The Labute approximate surface area is 302 Å². The number of anilines is 1. The van der Waals surface area contributed by atoms with Crippen LogP contribution >= 0.6 is 0 Å². The molecule has 0 bridgehead atoms. The minimum atomic E-state index is -1.00. The van der Waals surface area contributed by atoms with E-state index in [2.05, 4.69) is 64.7 Å². The van der Waals surface area contributed by atoms with Gasteiger partial charge in [-0.05, 0) is 94.5 Å². The zero-order valence-electron chi connectivity index (χ0n) is 31.7. The molecule has 5 amide bonds. The number of hydrogen-bond acceptors (Lipinski definition) is 6. The second kappa shape index (κ2) is 16.5. The van der Waals surface area contributed by atoms with E-state index in [0.717, 1.165) is 35.5 Å². The molecule has 0 unspecified atom stereocenters. The second-order valence-corrected chi connectivity index (χ2v) is 14.8. The molecule has 276 valence electrons. The van der Waals surface area contributed by atoms with Crippen LogP contribution in [0, 0.1) is 40.5 Å². The number of carbonyl (C=O) groups is 5. The number of amides is 5. The van der Waals surface area contributed by atoms with E-state index in [-0.39, 0.29) is 18.2 Å². The summed E-state index contributed by atoms with van der Waals surface area (Å²) in [4.78, 5) is 68.6. The van der Waals surface area contributed by atoms with Crippen LogP contribution in [0.25, 0.3) is 0 Å². The minimum absolute atomic E-state index is 0.122. The quantitative estimate of drug-likeness (QED) is 0.235. The van der Waals surface area contributed by atoms with Crippen molar-refractivity contribution < 1.29 is 28.5 Å². The van der Waals surface area contributed by atoms with Gasteiger partial charge in [0.2, 0.25) is 35.9 Å². The first-order chi connectivity index (χ1) is 24.0. The average molecular weight is 703 g/mol. The molecular weight excluding hydrogens is 646 g/mol. The lowest BCUT2D eigenvalue weighted by molar-refractivity contribution is -0.425. The Bertz CT molecular complexity index is 1670. The van der Waals surface area contributed by atoms with Gasteiger partial charge in [-0.1, -0.05) is 43.7 Å². The van der Waals surface area contributed by atoms with Crippen LogP contribution < -0.4 is 26.6 Å². The van der Waals surface area contributed by atoms with Gasteiger partial charge in [-0.2, -0.15) is 0 Å². The molecule has 0 aromatic heterocycles. The normalized spacial score (nSPS) is 17.5. The molecule has 5 N–H and O–H groups in total. The van der Waals surface area contributed by atoms with E-state index in [0.29, 0.717) is 25.8 Å². The monoisotopic (exact) mass is 702 g/mol. The van der Waals surface area contributed by atoms with E-state index >= 15 is 0 Å². The van der Waals surface area contributed by atoms with Crippen LogP contribution in [-0.4, -0.2) is 89.2 Å². The zero-order valence-corrected chi connectivity index (χ0v) is 31.7. The molecule has 0 saturated carbocycles. The van der Waals surface area contributed by atoms with Gasteiger partial charge in [-0.3, -0.25) is 24.0 Å². The topological polar surface area (TPSA) is 157 Å². The highest BCUT2D eigenvalue weighted by Gasteiger charge is 2.39. The smallest absolute Gasteiger partial charge is 0.246 e. The number of nitrogens with two attached hydrogens (primary N) is 1. The van der Waals surface area contributed by atoms with Gasteiger partial charge in [0.15, 0.2) is 0 Å². The molecule has 2 aliphatic rings. The van der Waals surface area contributed by atoms with E-state index in [1.54, 1.807) is 6.92 Å². The fraction of sp³-hybridized carbons (Fsp3) is 0.538. The lowest BCUT2D eigenvalue weighted by Crippen LogP contribution is -2.58. The summed E-state index contributed by atoms with van der Waals surface area (Å²) in [7, 11) is 0. The Hall–Kier alpha value is -4.74. The molecule has 4 atom stereocenters. The molecule has 51 heavy (non-hydrogen) atoms. The molecule has 2 heterocycles. The summed E-state index contributed by atoms with van der Waals surface area (Å²) >= 11 is 0. The molecule has 0 spiro atoms. The number of aryl methyl sites for hydroxylation is 5. The van der Waals surface area contributed by atoms with E-state index in [4.69, 9.17) is 5.73 Å². The maximum atomic E-state index is 14.3. The van der Waals surface area contributed by atoms with Crippen molar-refractivity contribution in [1.82, 2.24) is 20.9 Å². The van der Waals surface area contributed by atoms with Crippen LogP contribution in [0.2, 0.25) is 0 Å². The summed E-state index contributed by atoms with van der Waals surface area (Å²) in [6.07, 6.45) is 3.74. The zero-order chi connectivity index (χ0) is 37.7. The molecule has 1 saturated heterocycles. The highest BCUT2D eigenvalue weighted by molar-refractivity contribution is 5.95. The first-order valence-electron chi connectivity index (χ1n) is 18.0. The average Bonchev–Trinajstić information content (AvgIpc) is 3.69. The summed E-state index contributed by atoms with van der Waals surface area (Å²) in [5.41, 5.74) is 14.5. The van der Waals surface area contributed by atoms with Crippen LogP contribution in [0.15, 0.2) is 24.3 Å². The Balaban J connectivity index is 1.60. The third kappa shape index (κ3) is 9.53. The van der Waals surface area contributed by atoms with Crippen molar-refractivity contribution in [2.24, 2.45) is 11.7 Å². The Morgan fingerprint density at radius 1 is 0.863 bits per heavy atom. The summed E-state index contributed by atoms with van der Waals surface area (Å²) < 4.78 is 2.30. The van der Waals surface area contributed by atoms with Crippen LogP contribution in [-0.2, 0) is 30.4 Å². The fourth-order valence-electron chi connectivity index (χ4n) is 7.67. The maximum absolute atomic E-state index is 14.3. The van der Waals surface area contributed by atoms with E-state index < -0.39 is 47.8 Å². The lowest BCUT2D eigenvalue weighted by atomic mass is 9.97. The Kier molecular flexibility index (Phi) is 12.6. The van der Waals surface area contributed by atoms with Gasteiger partial charge in [-0.15, -0.1) is 0 Å². The SMILES string of the molecule is CC(=O)N[C@@H](C)C(=O)N[C@@H](Cc1cc(C)c(N2C=[N+](c3c(C)cc(C)cc3C)CC2)c(C)c1)C(=O)N1CCC[C@H]1C(=O)N[C@@H](CC(C)C)C(N)=O. The lowest BCUT2D eigenvalue weighted by Gasteiger charge is -2.30. The molecule has 2 aromatic carbocycles. The summed E-state index contributed by atoms with van der Waals surface area (Å²) in [5.74, 6) is -2.22. The third-order valence-electron chi connectivity index (χ3n) is 9.69. The van der Waals surface area contributed by atoms with Crippen LogP contribution in [0.1, 0.15) is 80.3 Å². The van der Waals surface area contributed by atoms with Gasteiger partial charge in [0, 0.05) is 19.9 Å². The number of carbonyl (C=O) groups excluding carboxylic acids is 5. The largest absolute Gasteiger partial charge is 0.368 e. The molecule has 0 radical (unpaired) electrons. The first kappa shape index (κ1) is 39.1. The molecule has 2 aliphatic heterocycles. The van der Waals surface area contributed by atoms with Crippen molar-refractivity contribution in [2.45, 2.75) is 112 Å². The second-order valence-electron chi connectivity index (χ2n) is 14.8. The van der Waals surface area contributed by atoms with Gasteiger partial charge in [0.05, 0.1) is 0 Å². The number of likely N-dealkylation sites (tertiary alicyclic amines) is 1. The van der Waals surface area contributed by atoms with E-state index in [9.17, 15) is 24.0 Å². The van der Waals surface area contributed by atoms with Gasteiger partial charge in [0.1, 0.15) is 48.6 Å². The molecule has 12 heteroatoms. The molecule has 0 aliphatic carbocycles. The molecule has 2 aromatic rings. The standard InChI is InChI=1S/C39H55N7O5/c1-22(2)15-31(36(40)48)42-38(50)33-11-10-12-46(33)39(51)32(43-37(49)28(8)41-29(9)47)20-30-18-26(6)35(27(7)19-30)45-14-13-44(21-45)34-24(4)16-23(3)17-25(34)5/h16-19,21-22,28,31-33H,10-15,20H2,1-9H3,(H4-,40,41,42,43,47,48,49,50)/p+1/t28-,31-,32-,33-/m0/s1. The number of benzene rings is 2. The van der Waals surface area contributed by atoms with Crippen molar-refractivity contribution in [2.75, 3.05) is 24.5 Å². The van der Waals surface area contributed by atoms with Crippen LogP contribution in [0.4, 0.5) is 11.4 Å². The number of nitrogens with zero attached hydrogens (tertiary/aromatic N) is 3. The van der Waals surface area contributed by atoms with Crippen LogP contribution in [0.5, 0.6) is 0 Å². The summed E-state index contributed by atoms with van der Waals surface area (Å²) in [5, 5.41) is 8.21. The van der Waals surface area contributed by atoms with Gasteiger partial charge in [0.25, 0.3) is 0 Å². The number of rotatable bonds is 13. The number of nitrogens with one attached hydrogen (secondary N) is 3. The van der Waals surface area contributed by atoms with Gasteiger partial charge >= 0.3 is 0 Å². The van der Waals surface area contributed by atoms with Crippen molar-refractivity contribution >= 4 is 47.2 Å². The molecule has 1 fully saturated rings. The first-order valence-corrected chi connectivity index (χ1v) is 18.0. The molecular formula is C39H56N7O5+. The fourth-order valence-corrected chi connectivity index (χ4v) is 7.67. The summed E-state index contributed by atoms with van der Waals surface area (Å²) in [6.45, 7) is 19.2. The van der Waals surface area contributed by atoms with Crippen molar-refractivity contribution in [1.29, 1.82) is 0 Å². The predicted octanol–water partition coefficient (Wildman–Crippen LogP) is 2.98. The summed E-state index contributed by atoms with van der Waals surface area (Å²) in [6, 6.07) is 4.97. The number of hydrogen-bond donors (Lipinski definition) is 4. The van der Waals surface area contributed by atoms with E-state index in [1.165, 1.54) is 34.2 Å². The maximum Gasteiger partial charge on any atom is 0.246 e. The van der Waals surface area contributed by atoms with Crippen molar-refractivity contribution in [3.8, 4) is 0 Å². The van der Waals surface area contributed by atoms with Gasteiger partial charge < -0.3 is 26.6 Å². The van der Waals surface area contributed by atoms with Crippen LogP contribution in [0.3, 0.4) is 0 Å². The third-order valence-corrected chi connectivity index (χ3v) is 9.69. The highest BCUT2D eigenvalue weighted by Crippen LogP contribution is 2.31.